The molecule has 1 aliphatic rings. The second-order valence-corrected chi connectivity index (χ2v) is 8.37. The maximum absolute atomic E-state index is 6.11. The van der Waals surface area contributed by atoms with E-state index >= 15 is 0 Å². The topological polar surface area (TPSA) is 29.3 Å². The maximum Gasteiger partial charge on any atom is 0.0470 e. The molecule has 1 fully saturated rings. The smallest absolute Gasteiger partial charge is 0.0470 e. The maximum atomic E-state index is 6.11. The number of hydrogen-bond donors (Lipinski definition) is 1. The van der Waals surface area contributed by atoms with Crippen LogP contribution < -0.4 is 5.73 Å². The molecule has 20 heavy (non-hydrogen) atoms. The fourth-order valence-electron chi connectivity index (χ4n) is 3.05. The van der Waals surface area contributed by atoms with Gasteiger partial charge in [0.2, 0.25) is 0 Å². The van der Waals surface area contributed by atoms with Gasteiger partial charge in [0.25, 0.3) is 0 Å². The first-order valence-corrected chi connectivity index (χ1v) is 8.56. The fraction of sp³-hybridized carbons (Fsp3) is 0.647. The van der Waals surface area contributed by atoms with E-state index in [1.807, 2.05) is 0 Å². The molecule has 0 amide bonds. The van der Waals surface area contributed by atoms with Gasteiger partial charge in [-0.15, -0.1) is 0 Å². The number of aryl methyl sites for hydroxylation is 2. The van der Waals surface area contributed by atoms with Crippen LogP contribution in [0.25, 0.3) is 0 Å². The Hall–Kier alpha value is -0.510. The predicted molar refractivity (Wildman–Crippen MR) is 90.4 cm³/mol. The van der Waals surface area contributed by atoms with Crippen molar-refractivity contribution in [3.8, 4) is 0 Å². The molecule has 1 heterocycles. The minimum absolute atomic E-state index is 0.364. The van der Waals surface area contributed by atoms with Gasteiger partial charge in [-0.2, -0.15) is 11.8 Å². The molecule has 1 atom stereocenters. The molecule has 1 aromatic carbocycles. The Balaban J connectivity index is 2.19. The minimum Gasteiger partial charge on any atom is -0.329 e. The molecule has 0 radical (unpaired) electrons. The molecule has 1 saturated heterocycles. The highest BCUT2D eigenvalue weighted by Gasteiger charge is 2.27. The van der Waals surface area contributed by atoms with Crippen LogP contribution in [0.5, 0.6) is 0 Å². The zero-order chi connectivity index (χ0) is 14.8. The van der Waals surface area contributed by atoms with E-state index in [9.17, 15) is 0 Å². The monoisotopic (exact) mass is 292 g/mol. The van der Waals surface area contributed by atoms with Crippen LogP contribution in [0.4, 0.5) is 0 Å². The Morgan fingerprint density at radius 1 is 1.20 bits per heavy atom. The Labute approximate surface area is 128 Å². The average Bonchev–Trinajstić information content (AvgIpc) is 2.51. The molecular weight excluding hydrogens is 264 g/mol. The Kier molecular flexibility index (Phi) is 5.16. The molecule has 2 N–H and O–H groups in total. The van der Waals surface area contributed by atoms with Crippen LogP contribution in [0, 0.1) is 13.8 Å². The molecule has 2 nitrogen and oxygen atoms in total. The van der Waals surface area contributed by atoms with E-state index in [1.165, 1.54) is 28.9 Å². The first kappa shape index (κ1) is 15.9. The van der Waals surface area contributed by atoms with Crippen molar-refractivity contribution in [1.82, 2.24) is 4.90 Å². The van der Waals surface area contributed by atoms with Crippen molar-refractivity contribution in [2.24, 2.45) is 5.73 Å². The molecule has 1 unspecified atom stereocenters. The third-order valence-corrected chi connectivity index (χ3v) is 5.54. The molecule has 0 bridgehead atoms. The quantitative estimate of drug-likeness (QED) is 0.924. The van der Waals surface area contributed by atoms with Gasteiger partial charge in [0.05, 0.1) is 0 Å². The third kappa shape index (κ3) is 4.00. The van der Waals surface area contributed by atoms with E-state index in [0.29, 0.717) is 17.3 Å². The van der Waals surface area contributed by atoms with Crippen molar-refractivity contribution in [3.63, 3.8) is 0 Å². The molecular formula is C17H28N2S. The van der Waals surface area contributed by atoms with Crippen molar-refractivity contribution < 1.29 is 0 Å². The van der Waals surface area contributed by atoms with Gasteiger partial charge in [0, 0.05) is 36.2 Å². The molecule has 0 aliphatic carbocycles. The molecule has 0 saturated carbocycles. The van der Waals surface area contributed by atoms with Crippen LogP contribution in [-0.2, 0) is 0 Å². The average molecular weight is 292 g/mol. The van der Waals surface area contributed by atoms with Gasteiger partial charge in [-0.25, -0.2) is 0 Å². The van der Waals surface area contributed by atoms with E-state index in [1.54, 1.807) is 0 Å². The second kappa shape index (κ2) is 6.50. The van der Waals surface area contributed by atoms with Crippen molar-refractivity contribution in [1.29, 1.82) is 0 Å². The molecule has 2 rings (SSSR count). The van der Waals surface area contributed by atoms with Crippen molar-refractivity contribution in [2.75, 3.05) is 25.4 Å². The molecule has 1 aromatic rings. The summed E-state index contributed by atoms with van der Waals surface area (Å²) in [6.45, 7) is 12.0. The van der Waals surface area contributed by atoms with Gasteiger partial charge >= 0.3 is 0 Å². The zero-order valence-corrected chi connectivity index (χ0v) is 14.1. The van der Waals surface area contributed by atoms with Gasteiger partial charge in [0.15, 0.2) is 0 Å². The Bertz CT molecular complexity index is 436. The van der Waals surface area contributed by atoms with Crippen LogP contribution in [0.1, 0.15) is 43.0 Å². The summed E-state index contributed by atoms with van der Waals surface area (Å²) in [6.07, 6.45) is 1.24. The lowest BCUT2D eigenvalue weighted by atomic mass is 9.99. The number of thioether (sulfide) groups is 1. The number of hydrogen-bond acceptors (Lipinski definition) is 3. The summed E-state index contributed by atoms with van der Waals surface area (Å²) < 4.78 is 0.399. The number of nitrogens with two attached hydrogens (primary N) is 1. The van der Waals surface area contributed by atoms with Crippen molar-refractivity contribution in [3.05, 3.63) is 34.9 Å². The Morgan fingerprint density at radius 3 is 2.45 bits per heavy atom. The van der Waals surface area contributed by atoms with Gasteiger partial charge in [-0.3, -0.25) is 4.90 Å². The SMILES string of the molecule is Cc1cc(C)cc(C(CN)N2CCSC(C)(C)CC2)c1. The first-order chi connectivity index (χ1) is 9.41. The largest absolute Gasteiger partial charge is 0.329 e. The minimum atomic E-state index is 0.364. The van der Waals surface area contributed by atoms with Gasteiger partial charge < -0.3 is 5.73 Å². The van der Waals surface area contributed by atoms with Gasteiger partial charge in [0.1, 0.15) is 0 Å². The summed E-state index contributed by atoms with van der Waals surface area (Å²) in [5.74, 6) is 1.20. The lowest BCUT2D eigenvalue weighted by Crippen LogP contribution is -2.36. The van der Waals surface area contributed by atoms with Gasteiger partial charge in [-0.05, 0) is 25.8 Å². The van der Waals surface area contributed by atoms with Crippen LogP contribution in [-0.4, -0.2) is 35.0 Å². The van der Waals surface area contributed by atoms with Crippen LogP contribution in [0.3, 0.4) is 0 Å². The summed E-state index contributed by atoms with van der Waals surface area (Å²) >= 11 is 2.09. The lowest BCUT2D eigenvalue weighted by molar-refractivity contribution is 0.210. The van der Waals surface area contributed by atoms with E-state index in [0.717, 1.165) is 13.1 Å². The summed E-state index contributed by atoms with van der Waals surface area (Å²) in [6, 6.07) is 7.20. The van der Waals surface area contributed by atoms with E-state index in [-0.39, 0.29) is 0 Å². The van der Waals surface area contributed by atoms with E-state index < -0.39 is 0 Å². The normalized spacial score (nSPS) is 21.4. The number of benzene rings is 1. The molecule has 3 heteroatoms. The lowest BCUT2D eigenvalue weighted by Gasteiger charge is -2.31. The van der Waals surface area contributed by atoms with Crippen molar-refractivity contribution >= 4 is 11.8 Å². The van der Waals surface area contributed by atoms with Gasteiger partial charge in [-0.1, -0.05) is 43.2 Å². The number of rotatable bonds is 3. The summed E-state index contributed by atoms with van der Waals surface area (Å²) in [4.78, 5) is 2.58. The zero-order valence-electron chi connectivity index (χ0n) is 13.3. The summed E-state index contributed by atoms with van der Waals surface area (Å²) in [7, 11) is 0. The molecule has 112 valence electrons. The van der Waals surface area contributed by atoms with Crippen LogP contribution >= 0.6 is 11.8 Å². The van der Waals surface area contributed by atoms with E-state index in [4.69, 9.17) is 5.73 Å². The molecule has 1 aliphatic heterocycles. The van der Waals surface area contributed by atoms with Crippen LogP contribution in [0.2, 0.25) is 0 Å². The van der Waals surface area contributed by atoms with E-state index in [2.05, 4.69) is 62.6 Å². The summed E-state index contributed by atoms with van der Waals surface area (Å²) in [5, 5.41) is 0. The number of nitrogens with zero attached hydrogens (tertiary/aromatic N) is 1. The molecule has 0 aromatic heterocycles. The molecule has 0 spiro atoms. The highest BCUT2D eigenvalue weighted by Crippen LogP contribution is 2.33. The highest BCUT2D eigenvalue weighted by molar-refractivity contribution is 8.00. The first-order valence-electron chi connectivity index (χ1n) is 7.57. The highest BCUT2D eigenvalue weighted by atomic mass is 32.2. The fourth-order valence-corrected chi connectivity index (χ4v) is 4.16. The second-order valence-electron chi connectivity index (χ2n) is 6.57. The standard InChI is InChI=1S/C17H28N2S/c1-13-9-14(2)11-15(10-13)16(12-18)19-6-5-17(3,4)20-8-7-19/h9-11,16H,5-8,12,18H2,1-4H3. The van der Waals surface area contributed by atoms with Crippen LogP contribution in [0.15, 0.2) is 18.2 Å². The van der Waals surface area contributed by atoms with Crippen molar-refractivity contribution in [2.45, 2.75) is 44.9 Å². The Morgan fingerprint density at radius 2 is 1.85 bits per heavy atom. The summed E-state index contributed by atoms with van der Waals surface area (Å²) in [5.41, 5.74) is 10.2. The third-order valence-electron chi connectivity index (χ3n) is 4.17. The predicted octanol–water partition coefficient (Wildman–Crippen LogP) is 3.52.